The number of pyridine rings is 1. The smallest absolute Gasteiger partial charge is 0.311 e. The summed E-state index contributed by atoms with van der Waals surface area (Å²) in [4.78, 5) is 14.4. The van der Waals surface area contributed by atoms with Crippen LogP contribution in [0.15, 0.2) is 18.3 Å². The highest BCUT2D eigenvalue weighted by molar-refractivity contribution is 5.68. The number of nitrogens with two attached hydrogens (primary N) is 1. The lowest BCUT2D eigenvalue weighted by molar-refractivity contribution is -0.384. The van der Waals surface area contributed by atoms with Gasteiger partial charge in [0, 0.05) is 19.3 Å². The maximum atomic E-state index is 10.9. The number of aromatic nitrogens is 3. The lowest BCUT2D eigenvalue weighted by atomic mass is 10.3. The van der Waals surface area contributed by atoms with Gasteiger partial charge in [-0.15, -0.1) is 0 Å². The van der Waals surface area contributed by atoms with Crippen molar-refractivity contribution >= 4 is 23.0 Å². The summed E-state index contributed by atoms with van der Waals surface area (Å²) in [5.74, 6) is 0.336. The van der Waals surface area contributed by atoms with Crippen LogP contribution in [0.5, 0.6) is 0 Å². The molecule has 0 amide bonds. The number of aryl methyl sites for hydroxylation is 2. The van der Waals surface area contributed by atoms with E-state index < -0.39 is 4.92 Å². The van der Waals surface area contributed by atoms with Gasteiger partial charge >= 0.3 is 5.69 Å². The van der Waals surface area contributed by atoms with Gasteiger partial charge < -0.3 is 11.1 Å². The van der Waals surface area contributed by atoms with E-state index in [0.29, 0.717) is 12.1 Å². The Labute approximate surface area is 109 Å². The molecule has 8 nitrogen and oxygen atoms in total. The molecule has 0 fully saturated rings. The Bertz CT molecular complexity index is 622. The van der Waals surface area contributed by atoms with Gasteiger partial charge in [-0.3, -0.25) is 14.8 Å². The van der Waals surface area contributed by atoms with Crippen molar-refractivity contribution in [3.63, 3.8) is 0 Å². The van der Waals surface area contributed by atoms with Crippen LogP contribution in [0.1, 0.15) is 12.6 Å². The van der Waals surface area contributed by atoms with Crippen LogP contribution in [0.2, 0.25) is 0 Å². The molecule has 2 heterocycles. The van der Waals surface area contributed by atoms with Crippen LogP contribution in [0.4, 0.5) is 23.0 Å². The molecule has 0 aliphatic rings. The van der Waals surface area contributed by atoms with Crippen molar-refractivity contribution in [2.45, 2.75) is 13.3 Å². The highest BCUT2D eigenvalue weighted by Crippen LogP contribution is 2.27. The number of rotatable bonds is 4. The van der Waals surface area contributed by atoms with Gasteiger partial charge in [0.2, 0.25) is 5.82 Å². The predicted octanol–water partition coefficient (Wildman–Crippen LogP) is 1.61. The third-order valence-electron chi connectivity index (χ3n) is 2.59. The molecule has 0 aliphatic carbocycles. The molecule has 100 valence electrons. The average Bonchev–Trinajstić information content (AvgIpc) is 2.69. The van der Waals surface area contributed by atoms with Crippen LogP contribution in [-0.4, -0.2) is 19.7 Å². The average molecular weight is 262 g/mol. The quantitative estimate of drug-likeness (QED) is 0.639. The summed E-state index contributed by atoms with van der Waals surface area (Å²) in [5.41, 5.74) is 6.93. The molecule has 0 radical (unpaired) electrons. The number of nitrogen functional groups attached to an aromatic ring is 1. The van der Waals surface area contributed by atoms with E-state index in [1.807, 2.05) is 6.92 Å². The fraction of sp³-hybridized carbons (Fsp3) is 0.273. The monoisotopic (exact) mass is 262 g/mol. The second-order valence-corrected chi connectivity index (χ2v) is 4.00. The lowest BCUT2D eigenvalue weighted by Gasteiger charge is -2.06. The van der Waals surface area contributed by atoms with E-state index >= 15 is 0 Å². The number of nitrogens with zero attached hydrogens (tertiary/aromatic N) is 4. The number of hydrogen-bond donors (Lipinski definition) is 2. The van der Waals surface area contributed by atoms with E-state index in [-0.39, 0.29) is 17.3 Å². The van der Waals surface area contributed by atoms with Gasteiger partial charge in [0.25, 0.3) is 0 Å². The normalized spacial score (nSPS) is 10.4. The minimum atomic E-state index is -0.503. The van der Waals surface area contributed by atoms with Crippen molar-refractivity contribution in [1.29, 1.82) is 0 Å². The van der Waals surface area contributed by atoms with Gasteiger partial charge in [0.15, 0.2) is 0 Å². The Balaban J connectivity index is 2.42. The Morgan fingerprint density at radius 3 is 2.89 bits per heavy atom. The Kier molecular flexibility index (Phi) is 3.32. The van der Waals surface area contributed by atoms with Crippen molar-refractivity contribution < 1.29 is 4.92 Å². The summed E-state index contributed by atoms with van der Waals surface area (Å²) < 4.78 is 1.64. The van der Waals surface area contributed by atoms with Gasteiger partial charge in [-0.1, -0.05) is 6.92 Å². The molecule has 0 spiro atoms. The van der Waals surface area contributed by atoms with E-state index in [1.54, 1.807) is 17.9 Å². The molecule has 0 aliphatic heterocycles. The summed E-state index contributed by atoms with van der Waals surface area (Å²) in [6.07, 6.45) is 2.45. The molecular formula is C11H14N6O2. The molecule has 2 aromatic rings. The molecule has 2 aromatic heterocycles. The van der Waals surface area contributed by atoms with Crippen molar-refractivity contribution in [1.82, 2.24) is 14.8 Å². The molecule has 8 heteroatoms. The maximum absolute atomic E-state index is 10.9. The minimum Gasteiger partial charge on any atom is -0.384 e. The van der Waals surface area contributed by atoms with E-state index in [1.165, 1.54) is 12.1 Å². The molecule has 0 aromatic carbocycles. The van der Waals surface area contributed by atoms with Crippen molar-refractivity contribution in [3.05, 3.63) is 34.1 Å². The van der Waals surface area contributed by atoms with Gasteiger partial charge in [-0.05, 0) is 12.5 Å². The first-order valence-corrected chi connectivity index (χ1v) is 5.71. The van der Waals surface area contributed by atoms with Crippen LogP contribution in [0, 0.1) is 10.1 Å². The molecule has 3 N–H and O–H groups in total. The largest absolute Gasteiger partial charge is 0.384 e. The van der Waals surface area contributed by atoms with E-state index in [4.69, 9.17) is 5.73 Å². The third kappa shape index (κ3) is 2.62. The zero-order valence-electron chi connectivity index (χ0n) is 10.6. The highest BCUT2D eigenvalue weighted by Gasteiger charge is 2.17. The summed E-state index contributed by atoms with van der Waals surface area (Å²) in [6, 6.07) is 2.72. The highest BCUT2D eigenvalue weighted by atomic mass is 16.6. The van der Waals surface area contributed by atoms with E-state index in [9.17, 15) is 10.1 Å². The predicted molar refractivity (Wildman–Crippen MR) is 71.2 cm³/mol. The van der Waals surface area contributed by atoms with Crippen molar-refractivity contribution in [3.8, 4) is 0 Å². The molecule has 0 saturated carbocycles. The maximum Gasteiger partial charge on any atom is 0.311 e. The van der Waals surface area contributed by atoms with Gasteiger partial charge in [-0.2, -0.15) is 5.10 Å². The molecule has 0 saturated heterocycles. The van der Waals surface area contributed by atoms with Crippen LogP contribution < -0.4 is 11.1 Å². The van der Waals surface area contributed by atoms with Crippen molar-refractivity contribution in [2.75, 3.05) is 11.1 Å². The summed E-state index contributed by atoms with van der Waals surface area (Å²) in [7, 11) is 1.78. The number of anilines is 3. The lowest BCUT2D eigenvalue weighted by Crippen LogP contribution is -2.02. The van der Waals surface area contributed by atoms with Gasteiger partial charge in [0.05, 0.1) is 16.3 Å². The fourth-order valence-electron chi connectivity index (χ4n) is 1.73. The van der Waals surface area contributed by atoms with Gasteiger partial charge in [-0.25, -0.2) is 4.98 Å². The summed E-state index contributed by atoms with van der Waals surface area (Å²) in [6.45, 7) is 1.95. The van der Waals surface area contributed by atoms with Crippen LogP contribution >= 0.6 is 0 Å². The van der Waals surface area contributed by atoms with Gasteiger partial charge in [0.1, 0.15) is 5.82 Å². The molecular weight excluding hydrogens is 248 g/mol. The molecule has 0 unspecified atom stereocenters. The second kappa shape index (κ2) is 4.92. The third-order valence-corrected chi connectivity index (χ3v) is 2.59. The Morgan fingerprint density at radius 1 is 1.53 bits per heavy atom. The fourth-order valence-corrected chi connectivity index (χ4v) is 1.73. The molecule has 2 rings (SSSR count). The number of nitro groups is 1. The first-order chi connectivity index (χ1) is 9.01. The number of hydrogen-bond acceptors (Lipinski definition) is 6. The van der Waals surface area contributed by atoms with Crippen LogP contribution in [-0.2, 0) is 13.5 Å². The first-order valence-electron chi connectivity index (χ1n) is 5.71. The minimum absolute atomic E-state index is 0.118. The Morgan fingerprint density at radius 2 is 2.26 bits per heavy atom. The van der Waals surface area contributed by atoms with E-state index in [2.05, 4.69) is 15.4 Å². The SMILES string of the molecule is CCc1nn(C)cc1Nc1nc(N)ccc1[N+](=O)[O-]. The zero-order valence-corrected chi connectivity index (χ0v) is 10.6. The molecule has 0 atom stereocenters. The number of nitrogens with one attached hydrogen (secondary N) is 1. The standard InChI is InChI=1S/C11H14N6O2/c1-3-7-8(6-16(2)15-7)13-11-9(17(18)19)4-5-10(12)14-11/h4-6H,3H2,1-2H3,(H3,12,13,14). The second-order valence-electron chi connectivity index (χ2n) is 4.00. The van der Waals surface area contributed by atoms with Crippen LogP contribution in [0.25, 0.3) is 0 Å². The topological polar surface area (TPSA) is 112 Å². The summed E-state index contributed by atoms with van der Waals surface area (Å²) >= 11 is 0. The zero-order chi connectivity index (χ0) is 14.0. The summed E-state index contributed by atoms with van der Waals surface area (Å²) in [5, 5.41) is 18.1. The molecule has 0 bridgehead atoms. The molecule has 19 heavy (non-hydrogen) atoms. The Hall–Kier alpha value is -2.64. The van der Waals surface area contributed by atoms with Crippen LogP contribution in [0.3, 0.4) is 0 Å². The first kappa shape index (κ1) is 12.8. The van der Waals surface area contributed by atoms with Crippen molar-refractivity contribution in [2.24, 2.45) is 7.05 Å². The van der Waals surface area contributed by atoms with E-state index in [0.717, 1.165) is 5.69 Å².